The first-order valence-electron chi connectivity index (χ1n) is 5.27. The lowest BCUT2D eigenvalue weighted by atomic mass is 9.96. The molecule has 0 aliphatic rings. The number of alkyl halides is 3. The monoisotopic (exact) mass is 261 g/mol. The summed E-state index contributed by atoms with van der Waals surface area (Å²) < 4.78 is 43.1. The van der Waals surface area contributed by atoms with Crippen molar-refractivity contribution in [3.8, 4) is 0 Å². The minimum absolute atomic E-state index is 0.0434. The minimum atomic E-state index is -4.43. The number of aryl methyl sites for hydroxylation is 1. The zero-order valence-corrected chi connectivity index (χ0v) is 10.3. The standard InChI is InChI=1S/C12H14F3NO2/c1-6-4-9(8(3)18-11(16)17)7(2)10(5-6)12(13,14)15/h4-5,8H,1-3H3,(H2,16,17)/t8-/m1/s1. The van der Waals surface area contributed by atoms with E-state index < -0.39 is 23.9 Å². The van der Waals surface area contributed by atoms with E-state index in [1.165, 1.54) is 13.8 Å². The molecule has 0 saturated carbocycles. The third-order valence-electron chi connectivity index (χ3n) is 2.63. The van der Waals surface area contributed by atoms with Crippen LogP contribution in [0.15, 0.2) is 12.1 Å². The zero-order chi connectivity index (χ0) is 14.1. The van der Waals surface area contributed by atoms with Crippen LogP contribution in [0.3, 0.4) is 0 Å². The maximum absolute atomic E-state index is 12.8. The van der Waals surface area contributed by atoms with Crippen molar-refractivity contribution in [2.75, 3.05) is 0 Å². The number of ether oxygens (including phenoxy) is 1. The first kappa shape index (κ1) is 14.3. The highest BCUT2D eigenvalue weighted by molar-refractivity contribution is 5.65. The van der Waals surface area contributed by atoms with Crippen molar-refractivity contribution >= 4 is 6.09 Å². The van der Waals surface area contributed by atoms with E-state index >= 15 is 0 Å². The summed E-state index contributed by atoms with van der Waals surface area (Å²) in [4.78, 5) is 10.6. The lowest BCUT2D eigenvalue weighted by molar-refractivity contribution is -0.138. The number of rotatable bonds is 2. The molecule has 0 fully saturated rings. The van der Waals surface area contributed by atoms with E-state index in [1.54, 1.807) is 13.0 Å². The average molecular weight is 261 g/mol. The summed E-state index contributed by atoms with van der Waals surface area (Å²) in [5.74, 6) is 0. The van der Waals surface area contributed by atoms with Crippen molar-refractivity contribution in [1.82, 2.24) is 0 Å². The summed E-state index contributed by atoms with van der Waals surface area (Å²) in [7, 11) is 0. The van der Waals surface area contributed by atoms with Crippen LogP contribution < -0.4 is 5.73 Å². The van der Waals surface area contributed by atoms with Gasteiger partial charge in [0, 0.05) is 0 Å². The molecule has 0 aliphatic heterocycles. The molecule has 1 atom stereocenters. The second-order valence-corrected chi connectivity index (χ2v) is 4.10. The maximum Gasteiger partial charge on any atom is 0.416 e. The molecule has 0 saturated heterocycles. The molecule has 100 valence electrons. The van der Waals surface area contributed by atoms with Gasteiger partial charge >= 0.3 is 12.3 Å². The van der Waals surface area contributed by atoms with Gasteiger partial charge in [-0.05, 0) is 38.0 Å². The number of hydrogen-bond donors (Lipinski definition) is 1. The fraction of sp³-hybridized carbons (Fsp3) is 0.417. The number of carbonyl (C=O) groups is 1. The van der Waals surface area contributed by atoms with Gasteiger partial charge in [0.2, 0.25) is 0 Å². The van der Waals surface area contributed by atoms with E-state index in [4.69, 9.17) is 10.5 Å². The van der Waals surface area contributed by atoms with Crippen molar-refractivity contribution in [3.63, 3.8) is 0 Å². The third kappa shape index (κ3) is 3.15. The lowest BCUT2D eigenvalue weighted by Crippen LogP contribution is -2.18. The van der Waals surface area contributed by atoms with Crippen molar-refractivity contribution in [3.05, 3.63) is 34.4 Å². The number of amides is 1. The molecular weight excluding hydrogens is 247 g/mol. The van der Waals surface area contributed by atoms with Gasteiger partial charge in [-0.2, -0.15) is 13.2 Å². The SMILES string of the molecule is Cc1cc([C@@H](C)OC(N)=O)c(C)c(C(F)(F)F)c1. The summed E-state index contributed by atoms with van der Waals surface area (Å²) in [6.45, 7) is 4.38. The Hall–Kier alpha value is -1.72. The maximum atomic E-state index is 12.8. The van der Waals surface area contributed by atoms with Gasteiger partial charge in [-0.3, -0.25) is 0 Å². The van der Waals surface area contributed by atoms with Gasteiger partial charge in [0.25, 0.3) is 0 Å². The van der Waals surface area contributed by atoms with E-state index in [1.807, 2.05) is 0 Å². The Morgan fingerprint density at radius 3 is 2.33 bits per heavy atom. The van der Waals surface area contributed by atoms with Gasteiger partial charge in [-0.25, -0.2) is 4.79 Å². The summed E-state index contributed by atoms with van der Waals surface area (Å²) >= 11 is 0. The molecule has 0 radical (unpaired) electrons. The Morgan fingerprint density at radius 2 is 1.89 bits per heavy atom. The number of hydrogen-bond acceptors (Lipinski definition) is 2. The molecule has 1 aromatic rings. The van der Waals surface area contributed by atoms with Crippen LogP contribution in [0.5, 0.6) is 0 Å². The van der Waals surface area contributed by atoms with Crippen LogP contribution in [-0.4, -0.2) is 6.09 Å². The van der Waals surface area contributed by atoms with Crippen LogP contribution in [0.1, 0.15) is 35.3 Å². The third-order valence-corrected chi connectivity index (χ3v) is 2.63. The van der Waals surface area contributed by atoms with Crippen molar-refractivity contribution in [1.29, 1.82) is 0 Å². The quantitative estimate of drug-likeness (QED) is 0.886. The highest BCUT2D eigenvalue weighted by atomic mass is 19.4. The number of carbonyl (C=O) groups excluding carboxylic acids is 1. The Balaban J connectivity index is 3.29. The smallest absolute Gasteiger partial charge is 0.416 e. The highest BCUT2D eigenvalue weighted by Crippen LogP contribution is 2.36. The normalized spacial score (nSPS) is 13.2. The van der Waals surface area contributed by atoms with Crippen LogP contribution in [0.2, 0.25) is 0 Å². The van der Waals surface area contributed by atoms with E-state index in [0.29, 0.717) is 11.1 Å². The van der Waals surface area contributed by atoms with Crippen LogP contribution in [0, 0.1) is 13.8 Å². The Labute approximate surface area is 103 Å². The zero-order valence-electron chi connectivity index (χ0n) is 10.3. The van der Waals surface area contributed by atoms with Crippen LogP contribution in [0.4, 0.5) is 18.0 Å². The minimum Gasteiger partial charge on any atom is -0.442 e. The van der Waals surface area contributed by atoms with Gasteiger partial charge in [-0.1, -0.05) is 11.6 Å². The van der Waals surface area contributed by atoms with Crippen molar-refractivity contribution in [2.45, 2.75) is 33.1 Å². The van der Waals surface area contributed by atoms with Gasteiger partial charge < -0.3 is 10.5 Å². The van der Waals surface area contributed by atoms with Gasteiger partial charge in [-0.15, -0.1) is 0 Å². The molecule has 0 unspecified atom stereocenters. The predicted octanol–water partition coefficient (Wildman–Crippen LogP) is 3.48. The van der Waals surface area contributed by atoms with Crippen LogP contribution in [0.25, 0.3) is 0 Å². The number of halogens is 3. The molecule has 1 rings (SSSR count). The second kappa shape index (κ2) is 4.88. The van der Waals surface area contributed by atoms with Crippen molar-refractivity contribution in [2.24, 2.45) is 5.73 Å². The average Bonchev–Trinajstić information content (AvgIpc) is 2.18. The molecular formula is C12H14F3NO2. The molecule has 18 heavy (non-hydrogen) atoms. The van der Waals surface area contributed by atoms with Crippen LogP contribution in [-0.2, 0) is 10.9 Å². The number of benzene rings is 1. The van der Waals surface area contributed by atoms with Gasteiger partial charge in [0.05, 0.1) is 5.56 Å². The molecule has 1 aromatic carbocycles. The molecule has 0 aliphatic carbocycles. The lowest BCUT2D eigenvalue weighted by Gasteiger charge is -2.19. The van der Waals surface area contributed by atoms with Gasteiger partial charge in [0.15, 0.2) is 0 Å². The molecule has 0 bridgehead atoms. The number of primary amides is 1. The summed E-state index contributed by atoms with van der Waals surface area (Å²) in [6.07, 6.45) is -6.27. The van der Waals surface area contributed by atoms with E-state index in [9.17, 15) is 18.0 Å². The van der Waals surface area contributed by atoms with Gasteiger partial charge in [0.1, 0.15) is 6.10 Å². The van der Waals surface area contributed by atoms with Crippen molar-refractivity contribution < 1.29 is 22.7 Å². The first-order valence-corrected chi connectivity index (χ1v) is 5.27. The Kier molecular flexibility index (Phi) is 3.88. The number of nitrogens with two attached hydrogens (primary N) is 1. The topological polar surface area (TPSA) is 52.3 Å². The molecule has 3 nitrogen and oxygen atoms in total. The fourth-order valence-electron chi connectivity index (χ4n) is 1.84. The van der Waals surface area contributed by atoms with E-state index in [2.05, 4.69) is 0 Å². The summed E-state index contributed by atoms with van der Waals surface area (Å²) in [6, 6.07) is 2.62. The fourth-order valence-corrected chi connectivity index (χ4v) is 1.84. The Morgan fingerprint density at radius 1 is 1.33 bits per heavy atom. The first-order chi connectivity index (χ1) is 8.12. The molecule has 0 aromatic heterocycles. The molecule has 1 amide bonds. The van der Waals surface area contributed by atoms with Crippen LogP contribution >= 0.6 is 0 Å². The largest absolute Gasteiger partial charge is 0.442 e. The molecule has 0 heterocycles. The summed E-state index contributed by atoms with van der Waals surface area (Å²) in [5, 5.41) is 0. The highest BCUT2D eigenvalue weighted by Gasteiger charge is 2.34. The molecule has 2 N–H and O–H groups in total. The predicted molar refractivity (Wildman–Crippen MR) is 60.0 cm³/mol. The molecule has 6 heteroatoms. The Bertz CT molecular complexity index is 469. The second-order valence-electron chi connectivity index (χ2n) is 4.10. The molecule has 0 spiro atoms. The summed E-state index contributed by atoms with van der Waals surface area (Å²) in [5.41, 5.74) is 4.93. The van der Waals surface area contributed by atoms with E-state index in [-0.39, 0.29) is 5.56 Å². The van der Waals surface area contributed by atoms with E-state index in [0.717, 1.165) is 6.07 Å².